The van der Waals surface area contributed by atoms with Gasteiger partial charge in [-0.05, 0) is 39.8 Å². The molecule has 3 heteroatoms. The maximum Gasteiger partial charge on any atom is 0.0897 e. The number of thiazole rings is 1. The summed E-state index contributed by atoms with van der Waals surface area (Å²) in [4.78, 5) is 4.47. The Morgan fingerprint density at radius 3 is 2.94 bits per heavy atom. The van der Waals surface area contributed by atoms with E-state index in [1.165, 1.54) is 17.7 Å². The second kappa shape index (κ2) is 7.58. The molecule has 0 spiro atoms. The number of hydrogen-bond donors (Lipinski definition) is 1. The molecule has 0 aromatic carbocycles. The summed E-state index contributed by atoms with van der Waals surface area (Å²) in [7, 11) is 0. The van der Waals surface area contributed by atoms with E-state index in [9.17, 15) is 0 Å². The highest BCUT2D eigenvalue weighted by atomic mass is 32.1. The van der Waals surface area contributed by atoms with Crippen LogP contribution in [0.15, 0.2) is 17.0 Å². The molecule has 0 fully saturated rings. The van der Waals surface area contributed by atoms with E-state index >= 15 is 0 Å². The molecule has 0 bridgehead atoms. The third-order valence-corrected chi connectivity index (χ3v) is 3.19. The second-order valence-corrected chi connectivity index (χ2v) is 5.19. The number of rotatable bonds is 7. The highest BCUT2D eigenvalue weighted by molar-refractivity contribution is 7.09. The SMILES string of the molecule is CCCNCCC=C(C)Cc1csc(C)n1. The van der Waals surface area contributed by atoms with E-state index in [1.54, 1.807) is 11.3 Å². The fourth-order valence-corrected chi connectivity index (χ4v) is 2.18. The van der Waals surface area contributed by atoms with Crippen molar-refractivity contribution in [2.24, 2.45) is 0 Å². The van der Waals surface area contributed by atoms with Crippen molar-refractivity contribution in [2.45, 2.75) is 40.0 Å². The van der Waals surface area contributed by atoms with Crippen LogP contribution in [0.5, 0.6) is 0 Å². The molecule has 0 amide bonds. The highest BCUT2D eigenvalue weighted by Crippen LogP contribution is 2.12. The van der Waals surface area contributed by atoms with Gasteiger partial charge in [0, 0.05) is 11.8 Å². The van der Waals surface area contributed by atoms with Gasteiger partial charge in [0.05, 0.1) is 10.7 Å². The van der Waals surface area contributed by atoms with Crippen LogP contribution in [-0.4, -0.2) is 18.1 Å². The maximum absolute atomic E-state index is 4.47. The summed E-state index contributed by atoms with van der Waals surface area (Å²) in [5, 5.41) is 6.71. The van der Waals surface area contributed by atoms with Gasteiger partial charge < -0.3 is 5.32 Å². The topological polar surface area (TPSA) is 24.9 Å². The van der Waals surface area contributed by atoms with Crippen molar-refractivity contribution in [3.05, 3.63) is 27.7 Å². The molecule has 16 heavy (non-hydrogen) atoms. The van der Waals surface area contributed by atoms with Crippen LogP contribution in [0.3, 0.4) is 0 Å². The largest absolute Gasteiger partial charge is 0.316 e. The van der Waals surface area contributed by atoms with E-state index in [4.69, 9.17) is 0 Å². The summed E-state index contributed by atoms with van der Waals surface area (Å²) < 4.78 is 0. The van der Waals surface area contributed by atoms with Crippen LogP contribution in [-0.2, 0) is 6.42 Å². The first-order valence-electron chi connectivity index (χ1n) is 5.99. The molecule has 1 N–H and O–H groups in total. The Morgan fingerprint density at radius 2 is 2.31 bits per heavy atom. The summed E-state index contributed by atoms with van der Waals surface area (Å²) in [5.41, 5.74) is 2.63. The zero-order chi connectivity index (χ0) is 11.8. The fraction of sp³-hybridized carbons (Fsp3) is 0.615. The Bertz CT molecular complexity index is 328. The molecule has 1 aromatic heterocycles. The number of allylic oxidation sites excluding steroid dienone is 1. The number of hydrogen-bond acceptors (Lipinski definition) is 3. The molecule has 0 radical (unpaired) electrons. The smallest absolute Gasteiger partial charge is 0.0897 e. The number of aryl methyl sites for hydroxylation is 1. The summed E-state index contributed by atoms with van der Waals surface area (Å²) >= 11 is 1.73. The predicted molar refractivity (Wildman–Crippen MR) is 72.1 cm³/mol. The average Bonchev–Trinajstić information content (AvgIpc) is 2.63. The molecule has 0 atom stereocenters. The van der Waals surface area contributed by atoms with E-state index in [-0.39, 0.29) is 0 Å². The van der Waals surface area contributed by atoms with Gasteiger partial charge >= 0.3 is 0 Å². The van der Waals surface area contributed by atoms with Crippen molar-refractivity contribution in [1.82, 2.24) is 10.3 Å². The molecule has 0 aliphatic carbocycles. The van der Waals surface area contributed by atoms with Crippen molar-refractivity contribution in [3.63, 3.8) is 0 Å². The van der Waals surface area contributed by atoms with Gasteiger partial charge in [0.2, 0.25) is 0 Å². The van der Waals surface area contributed by atoms with Crippen molar-refractivity contribution < 1.29 is 0 Å². The predicted octanol–water partition coefficient (Wildman–Crippen LogP) is 3.33. The Labute approximate surface area is 103 Å². The quantitative estimate of drug-likeness (QED) is 0.582. The van der Waals surface area contributed by atoms with Gasteiger partial charge in [-0.2, -0.15) is 0 Å². The van der Waals surface area contributed by atoms with E-state index in [2.05, 4.69) is 42.5 Å². The lowest BCUT2D eigenvalue weighted by Gasteiger charge is -2.01. The molecular formula is C13H22N2S. The van der Waals surface area contributed by atoms with E-state index in [1.807, 2.05) is 0 Å². The van der Waals surface area contributed by atoms with Crippen molar-refractivity contribution in [3.8, 4) is 0 Å². The summed E-state index contributed by atoms with van der Waals surface area (Å²) in [6.07, 6.45) is 5.64. The van der Waals surface area contributed by atoms with Crippen LogP contribution in [0.4, 0.5) is 0 Å². The molecule has 0 saturated heterocycles. The van der Waals surface area contributed by atoms with Crippen LogP contribution in [0.1, 0.15) is 37.4 Å². The van der Waals surface area contributed by atoms with Gasteiger partial charge in [0.1, 0.15) is 0 Å². The minimum atomic E-state index is 0.998. The molecule has 1 rings (SSSR count). The van der Waals surface area contributed by atoms with Gasteiger partial charge in [-0.25, -0.2) is 4.98 Å². The van der Waals surface area contributed by atoms with Crippen molar-refractivity contribution in [1.29, 1.82) is 0 Å². The van der Waals surface area contributed by atoms with Crippen LogP contribution in [0.25, 0.3) is 0 Å². The normalized spacial score (nSPS) is 12.1. The summed E-state index contributed by atoms with van der Waals surface area (Å²) in [6, 6.07) is 0. The average molecular weight is 238 g/mol. The Kier molecular flexibility index (Phi) is 6.34. The molecule has 2 nitrogen and oxygen atoms in total. The van der Waals surface area contributed by atoms with Gasteiger partial charge in [-0.3, -0.25) is 0 Å². The second-order valence-electron chi connectivity index (χ2n) is 4.12. The molecule has 0 unspecified atom stereocenters. The van der Waals surface area contributed by atoms with E-state index in [0.717, 1.165) is 30.9 Å². The first-order chi connectivity index (χ1) is 7.72. The van der Waals surface area contributed by atoms with Gasteiger partial charge in [-0.1, -0.05) is 18.6 Å². The third kappa shape index (κ3) is 5.42. The number of aromatic nitrogens is 1. The number of nitrogens with one attached hydrogen (secondary N) is 1. The Balaban J connectivity index is 2.23. The van der Waals surface area contributed by atoms with Crippen molar-refractivity contribution in [2.75, 3.05) is 13.1 Å². The summed E-state index contributed by atoms with van der Waals surface area (Å²) in [6.45, 7) is 8.65. The molecule has 1 heterocycles. The molecule has 0 saturated carbocycles. The molecule has 90 valence electrons. The molecular weight excluding hydrogens is 216 g/mol. The Hall–Kier alpha value is -0.670. The third-order valence-electron chi connectivity index (χ3n) is 2.37. The van der Waals surface area contributed by atoms with Crippen LogP contribution in [0.2, 0.25) is 0 Å². The summed E-state index contributed by atoms with van der Waals surface area (Å²) in [5.74, 6) is 0. The minimum absolute atomic E-state index is 0.998. The Morgan fingerprint density at radius 1 is 1.50 bits per heavy atom. The minimum Gasteiger partial charge on any atom is -0.316 e. The van der Waals surface area contributed by atoms with Crippen molar-refractivity contribution >= 4 is 11.3 Å². The van der Waals surface area contributed by atoms with Gasteiger partial charge in [0.25, 0.3) is 0 Å². The first kappa shape index (κ1) is 13.4. The van der Waals surface area contributed by atoms with Crippen LogP contribution in [0, 0.1) is 6.92 Å². The van der Waals surface area contributed by atoms with Gasteiger partial charge in [-0.15, -0.1) is 11.3 Å². The zero-order valence-electron chi connectivity index (χ0n) is 10.5. The van der Waals surface area contributed by atoms with E-state index in [0.29, 0.717) is 0 Å². The lowest BCUT2D eigenvalue weighted by Crippen LogP contribution is -2.15. The van der Waals surface area contributed by atoms with E-state index < -0.39 is 0 Å². The molecule has 0 aliphatic heterocycles. The first-order valence-corrected chi connectivity index (χ1v) is 6.87. The number of nitrogens with zero attached hydrogens (tertiary/aromatic N) is 1. The van der Waals surface area contributed by atoms with Crippen LogP contribution >= 0.6 is 11.3 Å². The highest BCUT2D eigenvalue weighted by Gasteiger charge is 1.98. The van der Waals surface area contributed by atoms with Gasteiger partial charge in [0.15, 0.2) is 0 Å². The van der Waals surface area contributed by atoms with Crippen LogP contribution < -0.4 is 5.32 Å². The fourth-order valence-electron chi connectivity index (χ4n) is 1.57. The maximum atomic E-state index is 4.47. The lowest BCUT2D eigenvalue weighted by molar-refractivity contribution is 0.676. The molecule has 1 aromatic rings. The monoisotopic (exact) mass is 238 g/mol. The lowest BCUT2D eigenvalue weighted by atomic mass is 10.1. The molecule has 0 aliphatic rings. The standard InChI is InChI=1S/C13H22N2S/c1-4-7-14-8-5-6-11(2)9-13-10-16-12(3)15-13/h6,10,14H,4-5,7-9H2,1-3H3. The zero-order valence-corrected chi connectivity index (χ0v) is 11.4.